The smallest absolute Gasteiger partial charge is 0.194 e. The Kier molecular flexibility index (Phi) is 7.84. The number of benzene rings is 5. The highest BCUT2D eigenvalue weighted by Gasteiger charge is 2.45. The molecule has 5 aromatic rings. The molecular weight excluding hydrogens is 612 g/mol. The molecule has 0 amide bonds. The number of hydrogen-bond donors (Lipinski definition) is 4. The van der Waals surface area contributed by atoms with Crippen molar-refractivity contribution in [1.29, 1.82) is 0 Å². The van der Waals surface area contributed by atoms with Gasteiger partial charge >= 0.3 is 0 Å². The van der Waals surface area contributed by atoms with Crippen molar-refractivity contribution in [2.75, 3.05) is 0 Å². The van der Waals surface area contributed by atoms with Gasteiger partial charge in [-0.3, -0.25) is 9.59 Å². The molecule has 2 unspecified atom stereocenters. The van der Waals surface area contributed by atoms with Crippen molar-refractivity contribution in [2.45, 2.75) is 69.4 Å². The second-order valence-electron chi connectivity index (χ2n) is 14.7. The van der Waals surface area contributed by atoms with E-state index >= 15 is 0 Å². The third kappa shape index (κ3) is 5.55. The van der Waals surface area contributed by atoms with Crippen molar-refractivity contribution < 1.29 is 30.0 Å². The number of rotatable bonds is 8. The average Bonchev–Trinajstić information content (AvgIpc) is 3.34. The molecule has 0 radical (unpaired) electrons. The van der Waals surface area contributed by atoms with Crippen LogP contribution in [0.3, 0.4) is 0 Å². The lowest BCUT2D eigenvalue weighted by Gasteiger charge is -2.34. The minimum atomic E-state index is -1.31. The Bertz CT molecular complexity index is 2030. The first-order chi connectivity index (χ1) is 23.2. The Balaban J connectivity index is 1.40. The Hall–Kier alpha value is -4.72. The predicted octanol–water partition coefficient (Wildman–Crippen LogP) is 6.82. The summed E-state index contributed by atoms with van der Waals surface area (Å²) in [5.74, 6) is -0.335. The van der Waals surface area contributed by atoms with Gasteiger partial charge < -0.3 is 20.4 Å². The van der Waals surface area contributed by atoms with Gasteiger partial charge in [0.25, 0.3) is 0 Å². The Morgan fingerprint density at radius 3 is 1.37 bits per heavy atom. The van der Waals surface area contributed by atoms with Gasteiger partial charge in [-0.1, -0.05) is 97.1 Å². The molecule has 0 saturated heterocycles. The summed E-state index contributed by atoms with van der Waals surface area (Å²) < 4.78 is 0. The molecule has 2 aliphatic rings. The molecule has 0 spiro atoms. The average molecular weight is 653 g/mol. The zero-order chi connectivity index (χ0) is 34.9. The summed E-state index contributed by atoms with van der Waals surface area (Å²) in [6.07, 6.45) is -1.03. The summed E-state index contributed by atoms with van der Waals surface area (Å²) in [5, 5.41) is 42.3. The lowest BCUT2D eigenvalue weighted by molar-refractivity contribution is -0.0497. The molecule has 0 aromatic heterocycles. The third-order valence-corrected chi connectivity index (χ3v) is 10.3. The van der Waals surface area contributed by atoms with Crippen molar-refractivity contribution >= 4 is 11.6 Å². The largest absolute Gasteiger partial charge is 0.387 e. The zero-order valence-electron chi connectivity index (χ0n) is 28.1. The summed E-state index contributed by atoms with van der Waals surface area (Å²) in [4.78, 5) is 27.8. The van der Waals surface area contributed by atoms with Gasteiger partial charge in [0.05, 0.1) is 11.2 Å². The van der Waals surface area contributed by atoms with Crippen molar-refractivity contribution in [3.63, 3.8) is 0 Å². The maximum atomic E-state index is 14.0. The standard InChI is InChI=1S/C43H40O6/c1-41(2,48)39(46)27-17-13-25(14-18-27)23-43(24-26-15-19-28(20-16-26)40(47)42(3,4)49)35-12-8-7-9-29(35)32-21-33-34(22-36(32)43)38(45)31-11-6-5-10-30(31)37(33)44/h5-22,39-40,46-49H,23-24H2,1-4H3. The van der Waals surface area contributed by atoms with Crippen LogP contribution in [0.1, 0.15) is 105 Å². The predicted molar refractivity (Wildman–Crippen MR) is 189 cm³/mol. The van der Waals surface area contributed by atoms with Crippen LogP contribution in [0.4, 0.5) is 0 Å². The molecule has 2 aliphatic carbocycles. The highest BCUT2D eigenvalue weighted by molar-refractivity contribution is 6.29. The molecule has 6 nitrogen and oxygen atoms in total. The van der Waals surface area contributed by atoms with Gasteiger partial charge in [0.2, 0.25) is 0 Å². The lowest BCUT2D eigenvalue weighted by Crippen LogP contribution is -2.32. The van der Waals surface area contributed by atoms with Gasteiger partial charge in [0.1, 0.15) is 12.2 Å². The maximum Gasteiger partial charge on any atom is 0.194 e. The third-order valence-electron chi connectivity index (χ3n) is 10.3. The molecular formula is C43H40O6. The van der Waals surface area contributed by atoms with E-state index < -0.39 is 28.8 Å². The minimum absolute atomic E-state index is 0.162. The van der Waals surface area contributed by atoms with Crippen LogP contribution in [0.2, 0.25) is 0 Å². The molecule has 248 valence electrons. The molecule has 5 aromatic carbocycles. The van der Waals surface area contributed by atoms with E-state index in [0.29, 0.717) is 46.2 Å². The lowest BCUT2D eigenvalue weighted by atomic mass is 9.68. The van der Waals surface area contributed by atoms with E-state index in [1.807, 2.05) is 72.8 Å². The van der Waals surface area contributed by atoms with Crippen molar-refractivity contribution in [3.05, 3.63) is 165 Å². The first-order valence-corrected chi connectivity index (χ1v) is 16.6. The molecule has 0 heterocycles. The van der Waals surface area contributed by atoms with Crippen molar-refractivity contribution in [2.24, 2.45) is 0 Å². The quantitative estimate of drug-likeness (QED) is 0.143. The summed E-state index contributed by atoms with van der Waals surface area (Å²) in [6, 6.07) is 34.2. The molecule has 2 atom stereocenters. The molecule has 6 heteroatoms. The normalized spacial score (nSPS) is 18.0. The fraction of sp³-hybridized carbons (Fsp3) is 0.256. The number of fused-ring (bicyclic) bond motifs is 5. The SMILES string of the molecule is CC(C)(O)C(O)c1ccc(CC2(Cc3ccc(C(O)C(C)(C)O)cc3)c3ccccc3-c3cc4c(cc32)C(=O)c2ccccc2C4=O)cc1. The molecule has 0 saturated carbocycles. The number of aliphatic hydroxyl groups excluding tert-OH is 2. The Labute approximate surface area is 286 Å². The summed E-state index contributed by atoms with van der Waals surface area (Å²) in [7, 11) is 0. The van der Waals surface area contributed by atoms with E-state index in [4.69, 9.17) is 0 Å². The number of carbonyl (C=O) groups is 2. The summed E-state index contributed by atoms with van der Waals surface area (Å²) >= 11 is 0. The Morgan fingerprint density at radius 1 is 0.510 bits per heavy atom. The van der Waals surface area contributed by atoms with Gasteiger partial charge in [-0.25, -0.2) is 0 Å². The second-order valence-corrected chi connectivity index (χ2v) is 14.7. The maximum absolute atomic E-state index is 14.0. The van der Waals surface area contributed by atoms with Gasteiger partial charge in [0, 0.05) is 27.7 Å². The van der Waals surface area contributed by atoms with Crippen LogP contribution in [0, 0.1) is 0 Å². The van der Waals surface area contributed by atoms with Crippen LogP contribution >= 0.6 is 0 Å². The van der Waals surface area contributed by atoms with E-state index in [-0.39, 0.29) is 11.6 Å². The monoisotopic (exact) mass is 652 g/mol. The van der Waals surface area contributed by atoms with Crippen LogP contribution < -0.4 is 0 Å². The molecule has 0 aliphatic heterocycles. The zero-order valence-corrected chi connectivity index (χ0v) is 28.1. The molecule has 0 fully saturated rings. The first-order valence-electron chi connectivity index (χ1n) is 16.6. The second kappa shape index (κ2) is 11.7. The van der Waals surface area contributed by atoms with Gasteiger partial charge in [-0.2, -0.15) is 0 Å². The van der Waals surface area contributed by atoms with E-state index in [0.717, 1.165) is 33.4 Å². The summed E-state index contributed by atoms with van der Waals surface area (Å²) in [6.45, 7) is 6.29. The van der Waals surface area contributed by atoms with Crippen molar-refractivity contribution in [1.82, 2.24) is 0 Å². The molecule has 7 rings (SSSR count). The minimum Gasteiger partial charge on any atom is -0.387 e. The number of carbonyl (C=O) groups excluding carboxylic acids is 2. The first kappa shape index (κ1) is 32.8. The van der Waals surface area contributed by atoms with E-state index in [2.05, 4.69) is 12.1 Å². The van der Waals surface area contributed by atoms with E-state index in [1.54, 1.807) is 52.0 Å². The van der Waals surface area contributed by atoms with Crippen LogP contribution in [-0.2, 0) is 18.3 Å². The van der Waals surface area contributed by atoms with E-state index in [1.165, 1.54) is 0 Å². The molecule has 49 heavy (non-hydrogen) atoms. The Morgan fingerprint density at radius 2 is 0.918 bits per heavy atom. The summed E-state index contributed by atoms with van der Waals surface area (Å²) in [5.41, 5.74) is 5.50. The fourth-order valence-corrected chi connectivity index (χ4v) is 7.64. The van der Waals surface area contributed by atoms with Crippen LogP contribution in [0.5, 0.6) is 0 Å². The van der Waals surface area contributed by atoms with Crippen LogP contribution in [0.15, 0.2) is 109 Å². The molecule has 0 bridgehead atoms. The van der Waals surface area contributed by atoms with Crippen LogP contribution in [-0.4, -0.2) is 43.2 Å². The topological polar surface area (TPSA) is 115 Å². The highest BCUT2D eigenvalue weighted by Crippen LogP contribution is 2.54. The van der Waals surface area contributed by atoms with E-state index in [9.17, 15) is 30.0 Å². The van der Waals surface area contributed by atoms with Gasteiger partial charge in [0.15, 0.2) is 11.6 Å². The van der Waals surface area contributed by atoms with Crippen LogP contribution in [0.25, 0.3) is 11.1 Å². The number of hydrogen-bond acceptors (Lipinski definition) is 6. The van der Waals surface area contributed by atoms with Crippen molar-refractivity contribution in [3.8, 4) is 11.1 Å². The molecule has 4 N–H and O–H groups in total. The number of aliphatic hydroxyl groups is 4. The highest BCUT2D eigenvalue weighted by atomic mass is 16.3. The van der Waals surface area contributed by atoms with Gasteiger partial charge in [-0.15, -0.1) is 0 Å². The van der Waals surface area contributed by atoms with Gasteiger partial charge in [-0.05, 0) is 97.2 Å². The fourth-order valence-electron chi connectivity index (χ4n) is 7.64. The number of ketones is 2.